The minimum Gasteiger partial charge on any atom is -0.508 e. The lowest BCUT2D eigenvalue weighted by molar-refractivity contribution is -0.110. The highest BCUT2D eigenvalue weighted by Crippen LogP contribution is 2.25. The first-order chi connectivity index (χ1) is 12.1. The second-order valence-corrected chi connectivity index (χ2v) is 5.16. The van der Waals surface area contributed by atoms with E-state index in [9.17, 15) is 9.90 Å². The third-order valence-electron chi connectivity index (χ3n) is 3.40. The van der Waals surface area contributed by atoms with E-state index in [4.69, 9.17) is 9.47 Å². The van der Waals surface area contributed by atoms with Crippen molar-refractivity contribution in [1.29, 1.82) is 0 Å². The molecule has 1 N–H and O–H groups in total. The Bertz CT molecular complexity index is 816. The second kappa shape index (κ2) is 9.13. The molecular formula is C21H20O4. The summed E-state index contributed by atoms with van der Waals surface area (Å²) in [4.78, 5) is 11.8. The summed E-state index contributed by atoms with van der Waals surface area (Å²) in [6.45, 7) is 0. The molecule has 0 amide bonds. The summed E-state index contributed by atoms with van der Waals surface area (Å²) in [5.41, 5.74) is 1.65. The van der Waals surface area contributed by atoms with Crippen molar-refractivity contribution in [3.8, 4) is 17.2 Å². The monoisotopic (exact) mass is 336 g/mol. The van der Waals surface area contributed by atoms with Crippen molar-refractivity contribution in [2.75, 3.05) is 14.2 Å². The third kappa shape index (κ3) is 5.70. The van der Waals surface area contributed by atoms with Crippen LogP contribution in [0.1, 0.15) is 11.1 Å². The Morgan fingerprint density at radius 1 is 0.960 bits per heavy atom. The minimum atomic E-state index is -0.144. The van der Waals surface area contributed by atoms with E-state index in [-0.39, 0.29) is 11.5 Å². The topological polar surface area (TPSA) is 55.8 Å². The number of rotatable bonds is 7. The quantitative estimate of drug-likeness (QED) is 0.606. The molecule has 0 radical (unpaired) electrons. The van der Waals surface area contributed by atoms with Gasteiger partial charge in [-0.15, -0.1) is 0 Å². The van der Waals surface area contributed by atoms with Crippen LogP contribution in [0.3, 0.4) is 0 Å². The van der Waals surface area contributed by atoms with Gasteiger partial charge in [0.1, 0.15) is 17.2 Å². The van der Waals surface area contributed by atoms with Crippen LogP contribution in [0, 0.1) is 0 Å². The van der Waals surface area contributed by atoms with E-state index in [2.05, 4.69) is 0 Å². The maximum absolute atomic E-state index is 11.8. The maximum Gasteiger partial charge on any atom is 0.178 e. The van der Waals surface area contributed by atoms with Crippen LogP contribution in [0.25, 0.3) is 12.2 Å². The smallest absolute Gasteiger partial charge is 0.178 e. The number of carbonyl (C=O) groups excluding carboxylic acids is 1. The predicted octanol–water partition coefficient (Wildman–Crippen LogP) is 4.26. The molecule has 4 nitrogen and oxygen atoms in total. The Morgan fingerprint density at radius 2 is 1.80 bits per heavy atom. The molecule has 2 rings (SSSR count). The lowest BCUT2D eigenvalue weighted by Gasteiger charge is -2.06. The molecule has 0 atom stereocenters. The number of ketones is 1. The molecule has 0 aliphatic carbocycles. The molecule has 0 saturated carbocycles. The number of phenols is 1. The number of aromatic hydroxyl groups is 1. The zero-order valence-electron chi connectivity index (χ0n) is 14.2. The SMILES string of the molecule is COc1ccc(C=CC=CC(=O)C=Cc2cccc(O)c2)c(OC)c1. The van der Waals surface area contributed by atoms with Crippen LogP contribution in [-0.2, 0) is 4.79 Å². The van der Waals surface area contributed by atoms with E-state index in [0.717, 1.165) is 16.9 Å². The molecule has 0 aromatic heterocycles. The van der Waals surface area contributed by atoms with Crippen molar-refractivity contribution >= 4 is 17.9 Å². The second-order valence-electron chi connectivity index (χ2n) is 5.16. The molecule has 0 fully saturated rings. The van der Waals surface area contributed by atoms with Crippen molar-refractivity contribution in [2.24, 2.45) is 0 Å². The first-order valence-electron chi connectivity index (χ1n) is 7.70. The number of carbonyl (C=O) groups is 1. The molecule has 0 aliphatic rings. The van der Waals surface area contributed by atoms with Crippen molar-refractivity contribution in [1.82, 2.24) is 0 Å². The number of allylic oxidation sites excluding steroid dienone is 4. The molecule has 0 unspecified atom stereocenters. The first-order valence-corrected chi connectivity index (χ1v) is 7.70. The van der Waals surface area contributed by atoms with Gasteiger partial charge >= 0.3 is 0 Å². The highest BCUT2D eigenvalue weighted by Gasteiger charge is 2.01. The molecule has 0 heterocycles. The highest BCUT2D eigenvalue weighted by molar-refractivity contribution is 6.02. The normalized spacial score (nSPS) is 11.4. The van der Waals surface area contributed by atoms with E-state index in [0.29, 0.717) is 5.75 Å². The molecular weight excluding hydrogens is 316 g/mol. The summed E-state index contributed by atoms with van der Waals surface area (Å²) in [5, 5.41) is 9.38. The predicted molar refractivity (Wildman–Crippen MR) is 99.9 cm³/mol. The van der Waals surface area contributed by atoms with Gasteiger partial charge in [-0.25, -0.2) is 0 Å². The van der Waals surface area contributed by atoms with E-state index >= 15 is 0 Å². The summed E-state index contributed by atoms with van der Waals surface area (Å²) < 4.78 is 10.5. The van der Waals surface area contributed by atoms with Crippen LogP contribution in [0.15, 0.2) is 66.8 Å². The number of hydrogen-bond acceptors (Lipinski definition) is 4. The lowest BCUT2D eigenvalue weighted by atomic mass is 10.1. The summed E-state index contributed by atoms with van der Waals surface area (Å²) in [6.07, 6.45) is 9.85. The van der Waals surface area contributed by atoms with Gasteiger partial charge in [0.05, 0.1) is 14.2 Å². The molecule has 0 bridgehead atoms. The number of methoxy groups -OCH3 is 2. The standard InChI is InChI=1S/C21H20O4/c1-24-20-13-11-17(21(15-20)25-2)7-3-4-8-18(22)12-10-16-6-5-9-19(23)14-16/h3-15,23H,1-2H3. The van der Waals surface area contributed by atoms with Crippen LogP contribution in [0.5, 0.6) is 17.2 Å². The summed E-state index contributed by atoms with van der Waals surface area (Å²) in [5.74, 6) is 1.44. The summed E-state index contributed by atoms with van der Waals surface area (Å²) in [6, 6.07) is 12.2. The van der Waals surface area contributed by atoms with Crippen molar-refractivity contribution in [3.63, 3.8) is 0 Å². The van der Waals surface area contributed by atoms with Crippen molar-refractivity contribution < 1.29 is 19.4 Å². The molecule has 2 aromatic carbocycles. The Hall–Kier alpha value is -3.27. The number of hydrogen-bond donors (Lipinski definition) is 1. The fourth-order valence-electron chi connectivity index (χ4n) is 2.13. The zero-order valence-corrected chi connectivity index (χ0v) is 14.2. The Balaban J connectivity index is 1.98. The van der Waals surface area contributed by atoms with Crippen molar-refractivity contribution in [2.45, 2.75) is 0 Å². The molecule has 128 valence electrons. The fraction of sp³-hybridized carbons (Fsp3) is 0.0952. The van der Waals surface area contributed by atoms with Gasteiger partial charge in [-0.2, -0.15) is 0 Å². The third-order valence-corrected chi connectivity index (χ3v) is 3.40. The van der Waals surface area contributed by atoms with Gasteiger partial charge in [0, 0.05) is 11.6 Å². The summed E-state index contributed by atoms with van der Waals surface area (Å²) >= 11 is 0. The Labute approximate surface area is 147 Å². The fourth-order valence-corrected chi connectivity index (χ4v) is 2.13. The van der Waals surface area contributed by atoms with Gasteiger partial charge < -0.3 is 14.6 Å². The highest BCUT2D eigenvalue weighted by atomic mass is 16.5. The lowest BCUT2D eigenvalue weighted by Crippen LogP contribution is -1.89. The number of benzene rings is 2. The summed E-state index contributed by atoms with van der Waals surface area (Å²) in [7, 11) is 3.20. The molecule has 25 heavy (non-hydrogen) atoms. The molecule has 0 aliphatic heterocycles. The first kappa shape index (κ1) is 18.1. The van der Waals surface area contributed by atoms with E-state index in [1.165, 1.54) is 12.2 Å². The zero-order chi connectivity index (χ0) is 18.1. The van der Waals surface area contributed by atoms with Crippen LogP contribution < -0.4 is 9.47 Å². The van der Waals surface area contributed by atoms with Gasteiger partial charge in [0.2, 0.25) is 0 Å². The number of phenolic OH excluding ortho intramolecular Hbond substituents is 1. The van der Waals surface area contributed by atoms with Gasteiger partial charge in [-0.05, 0) is 42.0 Å². The molecule has 4 heteroatoms. The van der Waals surface area contributed by atoms with E-state index in [1.54, 1.807) is 56.7 Å². The molecule has 0 saturated heterocycles. The van der Waals surface area contributed by atoms with Gasteiger partial charge in [-0.3, -0.25) is 4.79 Å². The number of ether oxygens (including phenoxy) is 2. The van der Waals surface area contributed by atoms with E-state index in [1.807, 2.05) is 24.3 Å². The van der Waals surface area contributed by atoms with Crippen LogP contribution >= 0.6 is 0 Å². The van der Waals surface area contributed by atoms with Crippen LogP contribution in [-0.4, -0.2) is 25.1 Å². The van der Waals surface area contributed by atoms with Crippen LogP contribution in [0.4, 0.5) is 0 Å². The van der Waals surface area contributed by atoms with Crippen molar-refractivity contribution in [3.05, 3.63) is 77.9 Å². The Morgan fingerprint density at radius 3 is 2.52 bits per heavy atom. The largest absolute Gasteiger partial charge is 0.508 e. The maximum atomic E-state index is 11.8. The average molecular weight is 336 g/mol. The Kier molecular flexibility index (Phi) is 6.60. The minimum absolute atomic E-state index is 0.144. The van der Waals surface area contributed by atoms with Gasteiger partial charge in [-0.1, -0.05) is 36.4 Å². The molecule has 0 spiro atoms. The van der Waals surface area contributed by atoms with Gasteiger partial charge in [0.15, 0.2) is 5.78 Å². The van der Waals surface area contributed by atoms with Crippen LogP contribution in [0.2, 0.25) is 0 Å². The van der Waals surface area contributed by atoms with Gasteiger partial charge in [0.25, 0.3) is 0 Å². The van der Waals surface area contributed by atoms with E-state index < -0.39 is 0 Å². The molecule has 2 aromatic rings. The average Bonchev–Trinajstić information content (AvgIpc) is 2.63.